The lowest BCUT2D eigenvalue weighted by molar-refractivity contribution is 0.165. The number of nitrogens with two attached hydrogens (primary N) is 1. The number of aromatic nitrogens is 2. The van der Waals surface area contributed by atoms with E-state index in [1.807, 2.05) is 18.2 Å². The molecule has 3 rings (SSSR count). The Hall–Kier alpha value is -2.30. The van der Waals surface area contributed by atoms with Gasteiger partial charge in [0.15, 0.2) is 0 Å². The third kappa shape index (κ3) is 2.52. The van der Waals surface area contributed by atoms with Gasteiger partial charge in [-0.15, -0.1) is 0 Å². The Morgan fingerprint density at radius 3 is 2.85 bits per heavy atom. The Morgan fingerprint density at radius 1 is 1.30 bits per heavy atom. The zero-order valence-electron chi connectivity index (χ0n) is 11.5. The standard InChI is InChI=1S/C15H18N4O/c1-2-11-5-3-4-6-13(11)20-12-8-19(9-12)15-7-14(16)17-10-18-15/h3-7,10,12H,2,8-9H2,1H3,(H2,16,17,18). The molecular formula is C15H18N4O. The fourth-order valence-corrected chi connectivity index (χ4v) is 2.32. The van der Waals surface area contributed by atoms with Crippen LogP contribution in [0.2, 0.25) is 0 Å². The third-order valence-electron chi connectivity index (χ3n) is 3.49. The van der Waals surface area contributed by atoms with Crippen LogP contribution in [0, 0.1) is 0 Å². The second-order valence-corrected chi connectivity index (χ2v) is 4.91. The summed E-state index contributed by atoms with van der Waals surface area (Å²) in [6.07, 6.45) is 2.68. The summed E-state index contributed by atoms with van der Waals surface area (Å²) < 4.78 is 6.04. The van der Waals surface area contributed by atoms with Gasteiger partial charge in [-0.2, -0.15) is 0 Å². The van der Waals surface area contributed by atoms with Crippen LogP contribution in [0.5, 0.6) is 5.75 Å². The highest BCUT2D eigenvalue weighted by atomic mass is 16.5. The van der Waals surface area contributed by atoms with Crippen LogP contribution in [-0.4, -0.2) is 29.2 Å². The molecule has 1 aromatic carbocycles. The maximum atomic E-state index is 6.04. The van der Waals surface area contributed by atoms with Gasteiger partial charge in [-0.1, -0.05) is 25.1 Å². The maximum absolute atomic E-state index is 6.04. The van der Waals surface area contributed by atoms with Crippen LogP contribution in [0.25, 0.3) is 0 Å². The lowest BCUT2D eigenvalue weighted by Crippen LogP contribution is -2.54. The van der Waals surface area contributed by atoms with Crippen molar-refractivity contribution in [3.8, 4) is 5.75 Å². The average Bonchev–Trinajstić information content (AvgIpc) is 2.42. The Labute approximate surface area is 118 Å². The van der Waals surface area contributed by atoms with E-state index >= 15 is 0 Å². The molecule has 0 radical (unpaired) electrons. The average molecular weight is 270 g/mol. The molecule has 1 aromatic heterocycles. The van der Waals surface area contributed by atoms with Crippen LogP contribution in [0.1, 0.15) is 12.5 Å². The summed E-state index contributed by atoms with van der Waals surface area (Å²) in [6, 6.07) is 9.98. The number of aryl methyl sites for hydroxylation is 1. The van der Waals surface area contributed by atoms with Gasteiger partial charge in [-0.3, -0.25) is 0 Å². The predicted molar refractivity (Wildman–Crippen MR) is 78.9 cm³/mol. The minimum absolute atomic E-state index is 0.207. The lowest BCUT2D eigenvalue weighted by atomic mass is 10.1. The van der Waals surface area contributed by atoms with E-state index in [4.69, 9.17) is 10.5 Å². The fourth-order valence-electron chi connectivity index (χ4n) is 2.32. The van der Waals surface area contributed by atoms with E-state index in [1.54, 1.807) is 6.07 Å². The van der Waals surface area contributed by atoms with Crippen LogP contribution < -0.4 is 15.4 Å². The van der Waals surface area contributed by atoms with Crippen molar-refractivity contribution >= 4 is 11.6 Å². The Balaban J connectivity index is 1.61. The minimum atomic E-state index is 0.207. The summed E-state index contributed by atoms with van der Waals surface area (Å²) in [6.45, 7) is 3.79. The first-order valence-corrected chi connectivity index (χ1v) is 6.83. The van der Waals surface area contributed by atoms with Gasteiger partial charge in [0.2, 0.25) is 0 Å². The number of para-hydroxylation sites is 1. The molecule has 0 spiro atoms. The first-order chi connectivity index (χ1) is 9.76. The first kappa shape index (κ1) is 12.7. The minimum Gasteiger partial charge on any atom is -0.486 e. The van der Waals surface area contributed by atoms with Crippen molar-refractivity contribution in [3.05, 3.63) is 42.2 Å². The van der Waals surface area contributed by atoms with Crippen molar-refractivity contribution < 1.29 is 4.74 Å². The van der Waals surface area contributed by atoms with Gasteiger partial charge in [0.1, 0.15) is 29.8 Å². The van der Waals surface area contributed by atoms with Gasteiger partial charge in [0.25, 0.3) is 0 Å². The molecule has 2 N–H and O–H groups in total. The molecule has 0 amide bonds. The van der Waals surface area contributed by atoms with Gasteiger partial charge in [0.05, 0.1) is 13.1 Å². The molecule has 0 aliphatic carbocycles. The van der Waals surface area contributed by atoms with Crippen molar-refractivity contribution in [3.63, 3.8) is 0 Å². The number of rotatable bonds is 4. The molecule has 104 valence electrons. The van der Waals surface area contributed by atoms with Crippen molar-refractivity contribution in [2.24, 2.45) is 0 Å². The summed E-state index contributed by atoms with van der Waals surface area (Å²) in [4.78, 5) is 10.3. The van der Waals surface area contributed by atoms with E-state index in [1.165, 1.54) is 11.9 Å². The molecule has 1 saturated heterocycles. The third-order valence-corrected chi connectivity index (χ3v) is 3.49. The molecule has 0 atom stereocenters. The predicted octanol–water partition coefficient (Wildman–Crippen LogP) is 1.89. The molecule has 5 heteroatoms. The summed E-state index contributed by atoms with van der Waals surface area (Å²) >= 11 is 0. The summed E-state index contributed by atoms with van der Waals surface area (Å²) in [5.41, 5.74) is 6.91. The number of nitrogen functional groups attached to an aromatic ring is 1. The first-order valence-electron chi connectivity index (χ1n) is 6.83. The highest BCUT2D eigenvalue weighted by Crippen LogP contribution is 2.25. The van der Waals surface area contributed by atoms with Gasteiger partial charge in [0, 0.05) is 6.07 Å². The van der Waals surface area contributed by atoms with Crippen LogP contribution in [0.4, 0.5) is 11.6 Å². The highest BCUT2D eigenvalue weighted by Gasteiger charge is 2.30. The normalized spacial score (nSPS) is 14.9. The molecule has 0 bridgehead atoms. The Kier molecular flexibility index (Phi) is 3.41. The summed E-state index contributed by atoms with van der Waals surface area (Å²) in [5, 5.41) is 0. The van der Waals surface area contributed by atoms with E-state index in [9.17, 15) is 0 Å². The fraction of sp³-hybridized carbons (Fsp3) is 0.333. The maximum Gasteiger partial charge on any atom is 0.134 e. The van der Waals surface area contributed by atoms with Gasteiger partial charge in [-0.05, 0) is 18.1 Å². The van der Waals surface area contributed by atoms with E-state index in [0.29, 0.717) is 5.82 Å². The smallest absolute Gasteiger partial charge is 0.134 e. The molecule has 1 fully saturated rings. The van der Waals surface area contributed by atoms with E-state index in [-0.39, 0.29) is 6.10 Å². The molecule has 20 heavy (non-hydrogen) atoms. The van der Waals surface area contributed by atoms with E-state index < -0.39 is 0 Å². The monoisotopic (exact) mass is 270 g/mol. The second kappa shape index (κ2) is 5.36. The molecule has 0 unspecified atom stereocenters. The zero-order valence-corrected chi connectivity index (χ0v) is 11.5. The number of hydrogen-bond donors (Lipinski definition) is 1. The Bertz CT molecular complexity index is 596. The van der Waals surface area contributed by atoms with Gasteiger partial charge >= 0.3 is 0 Å². The van der Waals surface area contributed by atoms with Crippen LogP contribution in [-0.2, 0) is 6.42 Å². The molecule has 2 aromatic rings. The van der Waals surface area contributed by atoms with Crippen molar-refractivity contribution in [2.75, 3.05) is 23.7 Å². The number of nitrogens with zero attached hydrogens (tertiary/aromatic N) is 3. The van der Waals surface area contributed by atoms with E-state index in [0.717, 1.165) is 31.1 Å². The molecule has 5 nitrogen and oxygen atoms in total. The summed E-state index contributed by atoms with van der Waals surface area (Å²) in [7, 11) is 0. The topological polar surface area (TPSA) is 64.3 Å². The van der Waals surface area contributed by atoms with Crippen molar-refractivity contribution in [2.45, 2.75) is 19.4 Å². The molecule has 0 saturated carbocycles. The largest absolute Gasteiger partial charge is 0.486 e. The highest BCUT2D eigenvalue weighted by molar-refractivity contribution is 5.48. The molecule has 1 aliphatic rings. The lowest BCUT2D eigenvalue weighted by Gasteiger charge is -2.40. The number of anilines is 2. The van der Waals surface area contributed by atoms with Crippen LogP contribution in [0.3, 0.4) is 0 Å². The summed E-state index contributed by atoms with van der Waals surface area (Å²) in [5.74, 6) is 2.35. The van der Waals surface area contributed by atoms with Crippen LogP contribution >= 0.6 is 0 Å². The number of hydrogen-bond acceptors (Lipinski definition) is 5. The number of benzene rings is 1. The van der Waals surface area contributed by atoms with Gasteiger partial charge in [-0.25, -0.2) is 9.97 Å². The van der Waals surface area contributed by atoms with Crippen LogP contribution in [0.15, 0.2) is 36.7 Å². The molecule has 1 aliphatic heterocycles. The number of ether oxygens (including phenoxy) is 1. The van der Waals surface area contributed by atoms with Crippen molar-refractivity contribution in [1.82, 2.24) is 9.97 Å². The Morgan fingerprint density at radius 2 is 2.10 bits per heavy atom. The molecular weight excluding hydrogens is 252 g/mol. The zero-order chi connectivity index (χ0) is 13.9. The quantitative estimate of drug-likeness (QED) is 0.919. The molecule has 2 heterocycles. The van der Waals surface area contributed by atoms with Gasteiger partial charge < -0.3 is 15.4 Å². The van der Waals surface area contributed by atoms with E-state index in [2.05, 4.69) is 27.9 Å². The van der Waals surface area contributed by atoms with Crippen molar-refractivity contribution in [1.29, 1.82) is 0 Å². The SMILES string of the molecule is CCc1ccccc1OC1CN(c2cc(N)ncn2)C1. The second-order valence-electron chi connectivity index (χ2n) is 4.91.